The molecule has 0 N–H and O–H groups in total. The zero-order valence-corrected chi connectivity index (χ0v) is 14.8. The Morgan fingerprint density at radius 2 is 1.77 bits per heavy atom. The molecule has 0 fully saturated rings. The molecule has 0 saturated carbocycles. The van der Waals surface area contributed by atoms with Gasteiger partial charge >= 0.3 is 0 Å². The van der Waals surface area contributed by atoms with E-state index >= 15 is 0 Å². The lowest BCUT2D eigenvalue weighted by Crippen LogP contribution is -2.20. The third-order valence-corrected chi connectivity index (χ3v) is 4.89. The third-order valence-electron chi connectivity index (χ3n) is 3.77. The third kappa shape index (κ3) is 3.69. The number of hydrogen-bond acceptors (Lipinski definition) is 6. The Morgan fingerprint density at radius 3 is 2.38 bits per heavy atom. The maximum atomic E-state index is 13.4. The van der Waals surface area contributed by atoms with Crippen LogP contribution in [0, 0.1) is 11.6 Å². The van der Waals surface area contributed by atoms with Crippen LogP contribution in [0.25, 0.3) is 5.69 Å². The topological polar surface area (TPSA) is 81.0 Å². The smallest absolute Gasteiger partial charge is 0.175 e. The molecule has 26 heavy (non-hydrogen) atoms. The number of nitrogens with zero attached hydrogens (tertiary/aromatic N) is 5. The molecule has 3 rings (SSSR count). The summed E-state index contributed by atoms with van der Waals surface area (Å²) in [5, 5.41) is 11.5. The molecule has 0 aliphatic heterocycles. The highest BCUT2D eigenvalue weighted by Gasteiger charge is 2.14. The minimum Gasteiger partial charge on any atom is -0.367 e. The van der Waals surface area contributed by atoms with Gasteiger partial charge in [-0.05, 0) is 46.8 Å². The van der Waals surface area contributed by atoms with Crippen molar-refractivity contribution in [3.8, 4) is 5.69 Å². The lowest BCUT2D eigenvalue weighted by atomic mass is 10.2. The van der Waals surface area contributed by atoms with Gasteiger partial charge in [0, 0.05) is 25.1 Å². The second-order valence-corrected chi connectivity index (χ2v) is 7.74. The Morgan fingerprint density at radius 1 is 1.08 bits per heavy atom. The van der Waals surface area contributed by atoms with E-state index in [1.165, 1.54) is 22.9 Å². The summed E-state index contributed by atoms with van der Waals surface area (Å²) in [5.41, 5.74) is 1.04. The van der Waals surface area contributed by atoms with Crippen molar-refractivity contribution in [2.24, 2.45) is 0 Å². The molecule has 0 radical (unpaired) electrons. The molecular formula is C16H15F2N5O2S. The zero-order chi connectivity index (χ0) is 18.9. The number of sulfone groups is 1. The fourth-order valence-corrected chi connectivity index (χ4v) is 3.00. The average Bonchev–Trinajstić information content (AvgIpc) is 3.04. The Bertz CT molecular complexity index is 1040. The lowest BCUT2D eigenvalue weighted by Gasteiger charge is -2.18. The van der Waals surface area contributed by atoms with E-state index in [4.69, 9.17) is 0 Å². The van der Waals surface area contributed by atoms with Crippen LogP contribution in [-0.4, -0.2) is 41.9 Å². The normalized spacial score (nSPS) is 11.5. The van der Waals surface area contributed by atoms with E-state index < -0.39 is 21.5 Å². The standard InChI is InChI=1S/C16H15F2N5O2S/c1-22(12-5-8-14(17)15(18)9-12)10-16-19-20-21-23(16)11-3-6-13(7-4-11)26(2,24)25/h3-9H,10H2,1-2H3. The molecule has 0 atom stereocenters. The highest BCUT2D eigenvalue weighted by molar-refractivity contribution is 7.90. The van der Waals surface area contributed by atoms with Gasteiger partial charge in [-0.1, -0.05) is 0 Å². The number of halogens is 2. The van der Waals surface area contributed by atoms with Crippen LogP contribution in [0.15, 0.2) is 47.4 Å². The van der Waals surface area contributed by atoms with Gasteiger partial charge in [-0.2, -0.15) is 4.68 Å². The summed E-state index contributed by atoms with van der Waals surface area (Å²) in [4.78, 5) is 1.85. The molecule has 0 aliphatic carbocycles. The van der Waals surface area contributed by atoms with Gasteiger partial charge in [0.2, 0.25) is 0 Å². The summed E-state index contributed by atoms with van der Waals surface area (Å²) in [6.45, 7) is 0.228. The van der Waals surface area contributed by atoms with E-state index in [-0.39, 0.29) is 11.4 Å². The quantitative estimate of drug-likeness (QED) is 0.674. The molecular weight excluding hydrogens is 364 g/mol. The number of benzene rings is 2. The maximum absolute atomic E-state index is 13.4. The first kappa shape index (κ1) is 17.9. The number of hydrogen-bond donors (Lipinski definition) is 0. The van der Waals surface area contributed by atoms with Crippen LogP contribution < -0.4 is 4.90 Å². The first-order valence-electron chi connectivity index (χ1n) is 7.49. The number of anilines is 1. The van der Waals surface area contributed by atoms with Crippen LogP contribution in [0.2, 0.25) is 0 Å². The second-order valence-electron chi connectivity index (χ2n) is 5.73. The van der Waals surface area contributed by atoms with E-state index in [0.29, 0.717) is 17.2 Å². The first-order valence-corrected chi connectivity index (χ1v) is 9.39. The van der Waals surface area contributed by atoms with E-state index in [9.17, 15) is 17.2 Å². The minimum absolute atomic E-state index is 0.190. The van der Waals surface area contributed by atoms with Crippen molar-refractivity contribution in [1.29, 1.82) is 0 Å². The van der Waals surface area contributed by atoms with Crippen molar-refractivity contribution in [3.63, 3.8) is 0 Å². The first-order chi connectivity index (χ1) is 12.3. The van der Waals surface area contributed by atoms with Crippen molar-refractivity contribution in [3.05, 3.63) is 59.9 Å². The monoisotopic (exact) mass is 379 g/mol. The van der Waals surface area contributed by atoms with E-state index in [2.05, 4.69) is 15.5 Å². The van der Waals surface area contributed by atoms with Crippen LogP contribution in [-0.2, 0) is 16.4 Å². The maximum Gasteiger partial charge on any atom is 0.175 e. The van der Waals surface area contributed by atoms with Crippen molar-refractivity contribution in [2.75, 3.05) is 18.2 Å². The van der Waals surface area contributed by atoms with Crippen LogP contribution in [0.4, 0.5) is 14.5 Å². The summed E-state index contributed by atoms with van der Waals surface area (Å²) in [7, 11) is -1.60. The second kappa shape index (κ2) is 6.79. The van der Waals surface area contributed by atoms with Gasteiger partial charge in [0.1, 0.15) is 0 Å². The average molecular weight is 379 g/mol. The van der Waals surface area contributed by atoms with Crippen molar-refractivity contribution >= 4 is 15.5 Å². The zero-order valence-electron chi connectivity index (χ0n) is 14.0. The number of rotatable bonds is 5. The van der Waals surface area contributed by atoms with Gasteiger partial charge in [-0.3, -0.25) is 0 Å². The molecule has 1 heterocycles. The van der Waals surface area contributed by atoms with Gasteiger partial charge in [0.15, 0.2) is 27.3 Å². The Labute approximate surface area is 148 Å². The highest BCUT2D eigenvalue weighted by Crippen LogP contribution is 2.19. The molecule has 3 aromatic rings. The number of tetrazole rings is 1. The van der Waals surface area contributed by atoms with Crippen LogP contribution in [0.1, 0.15) is 5.82 Å². The fraction of sp³-hybridized carbons (Fsp3) is 0.188. The molecule has 0 bridgehead atoms. The summed E-state index contributed by atoms with van der Waals surface area (Å²) in [5.74, 6) is -1.41. The minimum atomic E-state index is -3.30. The van der Waals surface area contributed by atoms with Crippen molar-refractivity contribution in [2.45, 2.75) is 11.4 Å². The molecule has 136 valence electrons. The molecule has 2 aromatic carbocycles. The summed E-state index contributed by atoms with van der Waals surface area (Å²) < 4.78 is 51.0. The molecule has 0 saturated heterocycles. The molecule has 0 aliphatic rings. The van der Waals surface area contributed by atoms with Crippen molar-refractivity contribution in [1.82, 2.24) is 20.2 Å². The van der Waals surface area contributed by atoms with Gasteiger partial charge in [-0.15, -0.1) is 5.10 Å². The molecule has 1 aromatic heterocycles. The molecule has 10 heteroatoms. The molecule has 0 amide bonds. The molecule has 0 unspecified atom stereocenters. The molecule has 7 nitrogen and oxygen atoms in total. The van der Waals surface area contributed by atoms with Crippen LogP contribution in [0.5, 0.6) is 0 Å². The highest BCUT2D eigenvalue weighted by atomic mass is 32.2. The largest absolute Gasteiger partial charge is 0.367 e. The van der Waals surface area contributed by atoms with Crippen LogP contribution >= 0.6 is 0 Å². The number of aromatic nitrogens is 4. The van der Waals surface area contributed by atoms with Gasteiger partial charge in [-0.25, -0.2) is 17.2 Å². The van der Waals surface area contributed by atoms with Gasteiger partial charge < -0.3 is 4.90 Å². The predicted octanol–water partition coefficient (Wildman–Crippen LogP) is 1.98. The summed E-state index contributed by atoms with van der Waals surface area (Å²) in [6, 6.07) is 9.71. The Balaban J connectivity index is 1.85. The van der Waals surface area contributed by atoms with E-state index in [1.54, 1.807) is 24.1 Å². The lowest BCUT2D eigenvalue weighted by molar-refractivity contribution is 0.508. The fourth-order valence-electron chi connectivity index (χ4n) is 2.37. The Kier molecular flexibility index (Phi) is 4.68. The van der Waals surface area contributed by atoms with Crippen molar-refractivity contribution < 1.29 is 17.2 Å². The van der Waals surface area contributed by atoms with Gasteiger partial charge in [0.25, 0.3) is 0 Å². The summed E-state index contributed by atoms with van der Waals surface area (Å²) in [6.07, 6.45) is 1.13. The molecule has 0 spiro atoms. The Hall–Kier alpha value is -2.88. The summed E-state index contributed by atoms with van der Waals surface area (Å²) >= 11 is 0. The SMILES string of the molecule is CN(Cc1nnnn1-c1ccc(S(C)(=O)=O)cc1)c1ccc(F)c(F)c1. The predicted molar refractivity (Wildman–Crippen MR) is 90.7 cm³/mol. The van der Waals surface area contributed by atoms with Crippen LogP contribution in [0.3, 0.4) is 0 Å². The van der Waals surface area contributed by atoms with E-state index in [0.717, 1.165) is 18.4 Å². The van der Waals surface area contributed by atoms with Gasteiger partial charge in [0.05, 0.1) is 17.1 Å². The van der Waals surface area contributed by atoms with E-state index in [1.807, 2.05) is 0 Å².